The minimum Gasteiger partial charge on any atom is -0.436 e. The van der Waals surface area contributed by atoms with Crippen LogP contribution in [0.5, 0.6) is 0 Å². The predicted molar refractivity (Wildman–Crippen MR) is 79.2 cm³/mol. The van der Waals surface area contributed by atoms with Crippen LogP contribution in [0.4, 0.5) is 0 Å². The van der Waals surface area contributed by atoms with E-state index in [9.17, 15) is 5.11 Å². The van der Waals surface area contributed by atoms with Crippen molar-refractivity contribution in [3.05, 3.63) is 0 Å². The van der Waals surface area contributed by atoms with Gasteiger partial charge in [-0.05, 0) is 52.5 Å². The predicted octanol–water partition coefficient (Wildman–Crippen LogP) is 2.82. The minimum absolute atomic E-state index is 0.236. The van der Waals surface area contributed by atoms with Crippen molar-refractivity contribution in [3.63, 3.8) is 0 Å². The van der Waals surface area contributed by atoms with Gasteiger partial charge in [-0.3, -0.25) is 0 Å². The molecule has 4 nitrogen and oxygen atoms in total. The van der Waals surface area contributed by atoms with Crippen LogP contribution in [-0.4, -0.2) is 39.5 Å². The molecule has 0 aromatic rings. The standard InChI is InChI=1S/C12H30O4Si2/c1-12(2,14)15-18(6,16-17(3,4)5)11-9-7-8-10-13/h13-14H,7-11H2,1-6H3. The molecule has 1 unspecified atom stereocenters. The topological polar surface area (TPSA) is 58.9 Å². The molecule has 0 amide bonds. The molecule has 0 spiro atoms. The second-order valence-corrected chi connectivity index (χ2v) is 14.4. The van der Waals surface area contributed by atoms with Gasteiger partial charge in [0.25, 0.3) is 0 Å². The van der Waals surface area contributed by atoms with Crippen LogP contribution in [-0.2, 0) is 8.54 Å². The van der Waals surface area contributed by atoms with Crippen molar-refractivity contribution in [2.24, 2.45) is 0 Å². The van der Waals surface area contributed by atoms with Crippen LogP contribution in [0, 0.1) is 0 Å². The maximum atomic E-state index is 9.86. The number of hydrogen-bond donors (Lipinski definition) is 2. The lowest BCUT2D eigenvalue weighted by Gasteiger charge is -2.38. The van der Waals surface area contributed by atoms with Gasteiger partial charge in [0.05, 0.1) is 0 Å². The third kappa shape index (κ3) is 10.2. The lowest BCUT2D eigenvalue weighted by atomic mass is 10.3. The van der Waals surface area contributed by atoms with Crippen LogP contribution in [0.25, 0.3) is 0 Å². The molecular formula is C12H30O4Si2. The van der Waals surface area contributed by atoms with E-state index in [2.05, 4.69) is 19.6 Å². The molecule has 110 valence electrons. The summed E-state index contributed by atoms with van der Waals surface area (Å²) in [6.45, 7) is 12.0. The summed E-state index contributed by atoms with van der Waals surface area (Å²) >= 11 is 0. The average molecular weight is 295 g/mol. The summed E-state index contributed by atoms with van der Waals surface area (Å²) < 4.78 is 12.0. The zero-order valence-corrected chi connectivity index (χ0v) is 14.7. The second kappa shape index (κ2) is 7.16. The summed E-state index contributed by atoms with van der Waals surface area (Å²) in [6.07, 6.45) is 2.77. The zero-order chi connectivity index (χ0) is 14.4. The Kier molecular flexibility index (Phi) is 7.27. The summed E-state index contributed by atoms with van der Waals surface area (Å²) in [6, 6.07) is 0.862. The molecule has 18 heavy (non-hydrogen) atoms. The highest BCUT2D eigenvalue weighted by Gasteiger charge is 2.40. The molecule has 0 aliphatic rings. The number of rotatable bonds is 9. The molecule has 0 aromatic carbocycles. The number of aliphatic hydroxyl groups excluding tert-OH is 1. The van der Waals surface area contributed by atoms with Crippen molar-refractivity contribution in [1.29, 1.82) is 0 Å². The molecule has 0 saturated heterocycles. The first-order chi connectivity index (χ1) is 7.97. The first kappa shape index (κ1) is 18.3. The average Bonchev–Trinajstić information content (AvgIpc) is 2.05. The first-order valence-electron chi connectivity index (χ1n) is 6.71. The van der Waals surface area contributed by atoms with E-state index in [4.69, 9.17) is 13.6 Å². The van der Waals surface area contributed by atoms with Crippen LogP contribution < -0.4 is 0 Å². The van der Waals surface area contributed by atoms with Crippen molar-refractivity contribution in [2.45, 2.75) is 71.1 Å². The Balaban J connectivity index is 4.50. The maximum absolute atomic E-state index is 9.86. The van der Waals surface area contributed by atoms with Gasteiger partial charge in [0, 0.05) is 6.61 Å². The molecule has 0 rings (SSSR count). The lowest BCUT2D eigenvalue weighted by Crippen LogP contribution is -2.51. The molecule has 0 aliphatic heterocycles. The van der Waals surface area contributed by atoms with E-state index in [0.717, 1.165) is 25.3 Å². The third-order valence-corrected chi connectivity index (χ3v) is 8.65. The van der Waals surface area contributed by atoms with E-state index < -0.39 is 22.7 Å². The normalized spacial score (nSPS) is 16.7. The van der Waals surface area contributed by atoms with E-state index in [1.54, 1.807) is 13.8 Å². The maximum Gasteiger partial charge on any atom is 0.326 e. The summed E-state index contributed by atoms with van der Waals surface area (Å²) in [5.74, 6) is -1.14. The molecule has 6 heteroatoms. The van der Waals surface area contributed by atoms with Crippen molar-refractivity contribution in [2.75, 3.05) is 6.61 Å². The molecule has 1 atom stereocenters. The molecule has 0 saturated carbocycles. The third-order valence-electron chi connectivity index (χ3n) is 2.28. The monoisotopic (exact) mass is 294 g/mol. The van der Waals surface area contributed by atoms with Crippen LogP contribution in [0.3, 0.4) is 0 Å². The summed E-state index contributed by atoms with van der Waals surface area (Å²) in [7, 11) is -4.02. The molecule has 0 fully saturated rings. The van der Waals surface area contributed by atoms with Crippen LogP contribution in [0.2, 0.25) is 32.2 Å². The van der Waals surface area contributed by atoms with Gasteiger partial charge in [-0.25, -0.2) is 0 Å². The van der Waals surface area contributed by atoms with Gasteiger partial charge in [-0.15, -0.1) is 0 Å². The number of hydrogen-bond acceptors (Lipinski definition) is 4. The molecule has 0 bridgehead atoms. The summed E-state index contributed by atoms with van der Waals surface area (Å²) in [4.78, 5) is 0. The van der Waals surface area contributed by atoms with Crippen LogP contribution in [0.15, 0.2) is 0 Å². The quantitative estimate of drug-likeness (QED) is 0.390. The van der Waals surface area contributed by atoms with E-state index >= 15 is 0 Å². The van der Waals surface area contributed by atoms with Crippen molar-refractivity contribution < 1.29 is 18.8 Å². The Hall–Kier alpha value is 0.274. The van der Waals surface area contributed by atoms with E-state index in [-0.39, 0.29) is 6.61 Å². The lowest BCUT2D eigenvalue weighted by molar-refractivity contribution is -0.121. The fourth-order valence-electron chi connectivity index (χ4n) is 2.03. The molecule has 2 N–H and O–H groups in total. The van der Waals surface area contributed by atoms with Crippen LogP contribution in [0.1, 0.15) is 33.1 Å². The molecule has 0 aliphatic carbocycles. The fraction of sp³-hybridized carbons (Fsp3) is 1.00. The van der Waals surface area contributed by atoms with Gasteiger partial charge in [-0.2, -0.15) is 0 Å². The van der Waals surface area contributed by atoms with Gasteiger partial charge in [0.2, 0.25) is 0 Å². The molecular weight excluding hydrogens is 264 g/mol. The van der Waals surface area contributed by atoms with Gasteiger partial charge in [0.15, 0.2) is 14.1 Å². The van der Waals surface area contributed by atoms with Crippen LogP contribution >= 0.6 is 0 Å². The minimum atomic E-state index is -2.34. The van der Waals surface area contributed by atoms with Gasteiger partial charge < -0.3 is 18.8 Å². The van der Waals surface area contributed by atoms with E-state index in [0.29, 0.717) is 0 Å². The highest BCUT2D eigenvalue weighted by Crippen LogP contribution is 2.26. The highest BCUT2D eigenvalue weighted by molar-refractivity contribution is 6.81. The van der Waals surface area contributed by atoms with Gasteiger partial charge in [-0.1, -0.05) is 12.8 Å². The van der Waals surface area contributed by atoms with Crippen molar-refractivity contribution >= 4 is 16.9 Å². The number of aliphatic hydroxyl groups is 2. The van der Waals surface area contributed by atoms with Gasteiger partial charge >= 0.3 is 8.56 Å². The van der Waals surface area contributed by atoms with Crippen molar-refractivity contribution in [3.8, 4) is 0 Å². The first-order valence-corrected chi connectivity index (χ1v) is 12.6. The smallest absolute Gasteiger partial charge is 0.326 e. The largest absolute Gasteiger partial charge is 0.436 e. The number of unbranched alkanes of at least 4 members (excludes halogenated alkanes) is 2. The molecule has 0 aromatic heterocycles. The van der Waals surface area contributed by atoms with Gasteiger partial charge in [0.1, 0.15) is 0 Å². The Morgan fingerprint density at radius 3 is 1.94 bits per heavy atom. The fourth-order valence-corrected chi connectivity index (χ4v) is 9.84. The molecule has 0 radical (unpaired) electrons. The molecule has 0 heterocycles. The second-order valence-electron chi connectivity index (χ2n) is 6.43. The van der Waals surface area contributed by atoms with E-state index in [1.165, 1.54) is 0 Å². The zero-order valence-electron chi connectivity index (χ0n) is 12.7. The Bertz CT molecular complexity index is 217. The highest BCUT2D eigenvalue weighted by atomic mass is 28.4. The Morgan fingerprint density at radius 1 is 1.00 bits per heavy atom. The van der Waals surface area contributed by atoms with E-state index in [1.807, 2.05) is 6.55 Å². The summed E-state index contributed by atoms with van der Waals surface area (Å²) in [5, 5.41) is 18.6. The summed E-state index contributed by atoms with van der Waals surface area (Å²) in [5.41, 5.74) is 0. The Labute approximate surface area is 114 Å². The van der Waals surface area contributed by atoms with Crippen molar-refractivity contribution in [1.82, 2.24) is 0 Å². The Morgan fingerprint density at radius 2 is 1.56 bits per heavy atom. The SMILES string of the molecule is CC(C)(O)O[Si](C)(CCCCCO)O[Si](C)(C)C.